The zero-order chi connectivity index (χ0) is 23.0. The van der Waals surface area contributed by atoms with Crippen LogP contribution in [0.4, 0.5) is 13.2 Å². The molecule has 0 unspecified atom stereocenters. The van der Waals surface area contributed by atoms with Gasteiger partial charge in [-0.25, -0.2) is 4.98 Å². The second kappa shape index (κ2) is 8.30. The third kappa shape index (κ3) is 4.33. The molecular weight excluding hydrogens is 511 g/mol. The number of furan rings is 1. The van der Waals surface area contributed by atoms with Crippen LogP contribution in [0.5, 0.6) is 0 Å². The molecule has 1 N–H and O–H groups in total. The van der Waals surface area contributed by atoms with E-state index in [0.29, 0.717) is 15.4 Å². The predicted molar refractivity (Wildman–Crippen MR) is 118 cm³/mol. The van der Waals surface area contributed by atoms with Crippen molar-refractivity contribution < 1.29 is 17.6 Å². The van der Waals surface area contributed by atoms with Crippen LogP contribution in [0.15, 0.2) is 62.2 Å². The van der Waals surface area contributed by atoms with Gasteiger partial charge in [0.1, 0.15) is 17.6 Å². The SMILES string of the molecule is N#C/C(=C\c1ccc(-c2cc(C(F)(F)F)ccc2Cl)o1)c1nc2ccc(Br)cc2c(=O)[nH]1. The first-order valence-corrected chi connectivity index (χ1v) is 10.1. The van der Waals surface area contributed by atoms with E-state index < -0.39 is 17.3 Å². The lowest BCUT2D eigenvalue weighted by Crippen LogP contribution is -2.11. The Morgan fingerprint density at radius 1 is 1.19 bits per heavy atom. The summed E-state index contributed by atoms with van der Waals surface area (Å²) in [4.78, 5) is 19.2. The summed E-state index contributed by atoms with van der Waals surface area (Å²) in [6.07, 6.45) is -3.21. The molecule has 0 bridgehead atoms. The van der Waals surface area contributed by atoms with Crippen molar-refractivity contribution in [1.29, 1.82) is 5.26 Å². The molecule has 0 aliphatic carbocycles. The van der Waals surface area contributed by atoms with Crippen LogP contribution in [0, 0.1) is 11.3 Å². The highest BCUT2D eigenvalue weighted by Crippen LogP contribution is 2.36. The Hall–Kier alpha value is -3.35. The lowest BCUT2D eigenvalue weighted by atomic mass is 10.1. The number of nitrogens with one attached hydrogen (secondary N) is 1. The van der Waals surface area contributed by atoms with E-state index in [4.69, 9.17) is 16.0 Å². The van der Waals surface area contributed by atoms with Crippen molar-refractivity contribution in [2.24, 2.45) is 0 Å². The molecule has 10 heteroatoms. The molecule has 0 saturated carbocycles. The fourth-order valence-electron chi connectivity index (χ4n) is 3.00. The minimum atomic E-state index is -4.54. The van der Waals surface area contributed by atoms with E-state index in [0.717, 1.165) is 18.2 Å². The first-order valence-electron chi connectivity index (χ1n) is 8.94. The molecular formula is C22H10BrClF3N3O2. The highest BCUT2D eigenvalue weighted by atomic mass is 79.9. The molecule has 0 fully saturated rings. The monoisotopic (exact) mass is 519 g/mol. The number of hydrogen-bond donors (Lipinski definition) is 1. The van der Waals surface area contributed by atoms with Gasteiger partial charge in [0, 0.05) is 16.1 Å². The number of rotatable bonds is 3. The van der Waals surface area contributed by atoms with Gasteiger partial charge in [-0.15, -0.1) is 0 Å². The number of halogens is 5. The van der Waals surface area contributed by atoms with Crippen LogP contribution in [0.25, 0.3) is 33.9 Å². The molecule has 4 rings (SSSR count). The molecule has 0 spiro atoms. The van der Waals surface area contributed by atoms with Crippen molar-refractivity contribution >= 4 is 50.1 Å². The maximum absolute atomic E-state index is 13.0. The number of H-pyrrole nitrogens is 1. The third-order valence-electron chi connectivity index (χ3n) is 4.52. The van der Waals surface area contributed by atoms with Crippen LogP contribution < -0.4 is 5.56 Å². The fourth-order valence-corrected chi connectivity index (χ4v) is 3.57. The van der Waals surface area contributed by atoms with Crippen molar-refractivity contribution in [3.8, 4) is 17.4 Å². The van der Waals surface area contributed by atoms with Gasteiger partial charge in [0.2, 0.25) is 0 Å². The van der Waals surface area contributed by atoms with Crippen LogP contribution in [0.3, 0.4) is 0 Å². The van der Waals surface area contributed by atoms with E-state index >= 15 is 0 Å². The van der Waals surface area contributed by atoms with E-state index in [1.54, 1.807) is 18.2 Å². The zero-order valence-corrected chi connectivity index (χ0v) is 18.1. The molecule has 4 aromatic rings. The van der Waals surface area contributed by atoms with E-state index in [-0.39, 0.29) is 33.5 Å². The topological polar surface area (TPSA) is 82.7 Å². The molecule has 160 valence electrons. The minimum Gasteiger partial charge on any atom is -0.457 e. The van der Waals surface area contributed by atoms with Crippen LogP contribution in [-0.4, -0.2) is 9.97 Å². The average molecular weight is 521 g/mol. The molecule has 0 radical (unpaired) electrons. The molecule has 32 heavy (non-hydrogen) atoms. The van der Waals surface area contributed by atoms with Crippen molar-refractivity contribution in [2.45, 2.75) is 6.18 Å². The summed E-state index contributed by atoms with van der Waals surface area (Å²) in [5.41, 5.74) is -0.842. The number of alkyl halides is 3. The minimum absolute atomic E-state index is 0.00274. The number of allylic oxidation sites excluding steroid dienone is 1. The Morgan fingerprint density at radius 2 is 1.97 bits per heavy atom. The van der Waals surface area contributed by atoms with Gasteiger partial charge >= 0.3 is 6.18 Å². The number of hydrogen-bond acceptors (Lipinski definition) is 4. The van der Waals surface area contributed by atoms with E-state index in [2.05, 4.69) is 25.9 Å². The number of nitrogens with zero attached hydrogens (tertiary/aromatic N) is 2. The summed E-state index contributed by atoms with van der Waals surface area (Å²) in [6, 6.07) is 12.7. The quantitative estimate of drug-likeness (QED) is 0.305. The van der Waals surface area contributed by atoms with Gasteiger partial charge < -0.3 is 9.40 Å². The van der Waals surface area contributed by atoms with Crippen molar-refractivity contribution in [3.05, 3.63) is 85.5 Å². The summed E-state index contributed by atoms with van der Waals surface area (Å²) in [5, 5.41) is 9.99. The van der Waals surface area contributed by atoms with Crippen molar-refractivity contribution in [2.75, 3.05) is 0 Å². The van der Waals surface area contributed by atoms with Gasteiger partial charge in [0.05, 0.1) is 27.1 Å². The van der Waals surface area contributed by atoms with Crippen LogP contribution in [0.2, 0.25) is 5.02 Å². The lowest BCUT2D eigenvalue weighted by Gasteiger charge is -2.09. The standard InChI is InChI=1S/C22H10BrClF3N3O2/c23-13-2-5-18-16(9-13)21(31)30-20(29-18)11(10-28)7-14-3-6-19(32-14)15-8-12(22(25,26)27)1-4-17(15)24/h1-9H,(H,29,30,31)/b11-7+. The molecule has 0 aliphatic rings. The number of aromatic amines is 1. The van der Waals surface area contributed by atoms with E-state index in [9.17, 15) is 23.2 Å². The van der Waals surface area contributed by atoms with Gasteiger partial charge in [-0.3, -0.25) is 4.79 Å². The van der Waals surface area contributed by atoms with Crippen molar-refractivity contribution in [3.63, 3.8) is 0 Å². The average Bonchev–Trinajstić information content (AvgIpc) is 3.20. The third-order valence-corrected chi connectivity index (χ3v) is 5.34. The van der Waals surface area contributed by atoms with Gasteiger partial charge in [-0.1, -0.05) is 27.5 Å². The number of fused-ring (bicyclic) bond motifs is 1. The first-order chi connectivity index (χ1) is 15.2. The van der Waals surface area contributed by atoms with Gasteiger partial charge in [-0.2, -0.15) is 18.4 Å². The summed E-state index contributed by atoms with van der Waals surface area (Å²) >= 11 is 9.34. The fraction of sp³-hybridized carbons (Fsp3) is 0.0455. The molecule has 0 amide bonds. The zero-order valence-electron chi connectivity index (χ0n) is 15.8. The molecule has 0 aliphatic heterocycles. The summed E-state index contributed by atoms with van der Waals surface area (Å²) in [7, 11) is 0. The highest BCUT2D eigenvalue weighted by molar-refractivity contribution is 9.10. The van der Waals surface area contributed by atoms with E-state index in [1.165, 1.54) is 18.2 Å². The Balaban J connectivity index is 1.74. The number of benzene rings is 2. The maximum Gasteiger partial charge on any atom is 0.416 e. The molecule has 2 heterocycles. The lowest BCUT2D eigenvalue weighted by molar-refractivity contribution is -0.137. The van der Waals surface area contributed by atoms with Gasteiger partial charge in [0.25, 0.3) is 5.56 Å². The maximum atomic E-state index is 13.0. The van der Waals surface area contributed by atoms with Crippen LogP contribution in [-0.2, 0) is 6.18 Å². The van der Waals surface area contributed by atoms with Gasteiger partial charge in [-0.05, 0) is 48.5 Å². The van der Waals surface area contributed by atoms with Crippen LogP contribution in [0.1, 0.15) is 17.1 Å². The molecule has 2 aromatic heterocycles. The smallest absolute Gasteiger partial charge is 0.416 e. The Labute approximate surface area is 191 Å². The van der Waals surface area contributed by atoms with E-state index in [1.807, 2.05) is 6.07 Å². The van der Waals surface area contributed by atoms with Crippen LogP contribution >= 0.6 is 27.5 Å². The summed E-state index contributed by atoms with van der Waals surface area (Å²) < 4.78 is 45.4. The first kappa shape index (κ1) is 21.9. The molecule has 2 aromatic carbocycles. The largest absolute Gasteiger partial charge is 0.457 e. The second-order valence-corrected chi connectivity index (χ2v) is 7.96. The molecule has 0 saturated heterocycles. The van der Waals surface area contributed by atoms with Gasteiger partial charge in [0.15, 0.2) is 5.82 Å². The second-order valence-electron chi connectivity index (χ2n) is 6.64. The molecule has 5 nitrogen and oxygen atoms in total. The number of aromatic nitrogens is 2. The normalized spacial score (nSPS) is 12.2. The predicted octanol–water partition coefficient (Wildman–Crippen LogP) is 6.68. The van der Waals surface area contributed by atoms with Crippen molar-refractivity contribution in [1.82, 2.24) is 9.97 Å². The number of nitriles is 1. The Bertz CT molecular complexity index is 1480. The summed E-state index contributed by atoms with van der Waals surface area (Å²) in [6.45, 7) is 0. The Morgan fingerprint density at radius 3 is 2.69 bits per heavy atom. The Kier molecular flexibility index (Phi) is 5.67. The highest BCUT2D eigenvalue weighted by Gasteiger charge is 2.31. The summed E-state index contributed by atoms with van der Waals surface area (Å²) in [5.74, 6) is 0.292. The molecule has 0 atom stereocenters.